The van der Waals surface area contributed by atoms with Crippen LogP contribution in [0.15, 0.2) is 27.1 Å². The molecule has 1 fully saturated rings. The van der Waals surface area contributed by atoms with Crippen molar-refractivity contribution in [2.45, 2.75) is 37.8 Å². The number of benzene rings is 1. The van der Waals surface area contributed by atoms with Crippen molar-refractivity contribution in [3.63, 3.8) is 0 Å². The zero-order chi connectivity index (χ0) is 13.7. The van der Waals surface area contributed by atoms with Crippen LogP contribution in [0, 0.1) is 0 Å². The van der Waals surface area contributed by atoms with E-state index in [2.05, 4.69) is 37.2 Å². The number of hydrogen-bond acceptors (Lipinski definition) is 3. The van der Waals surface area contributed by atoms with Crippen LogP contribution < -0.4 is 10.1 Å². The highest BCUT2D eigenvalue weighted by molar-refractivity contribution is 9.11. The van der Waals surface area contributed by atoms with Crippen LogP contribution in [0.5, 0.6) is 5.75 Å². The molecule has 0 bridgehead atoms. The van der Waals surface area contributed by atoms with Gasteiger partial charge in [0, 0.05) is 17.1 Å². The Labute approximate surface area is 131 Å². The standard InChI is InChI=1S/C14H19Br2NO2/c15-10-5-6-14(13(16)7-10)19-9-12(18)8-17-11-3-1-2-4-11/h5-7,11-12,17-18H,1-4,8-9H2. The first-order valence-corrected chi connectivity index (χ1v) is 8.23. The monoisotopic (exact) mass is 391 g/mol. The summed E-state index contributed by atoms with van der Waals surface area (Å²) >= 11 is 6.83. The van der Waals surface area contributed by atoms with E-state index in [4.69, 9.17) is 4.74 Å². The fourth-order valence-corrected chi connectivity index (χ4v) is 3.43. The van der Waals surface area contributed by atoms with E-state index in [1.807, 2.05) is 18.2 Å². The van der Waals surface area contributed by atoms with Gasteiger partial charge in [0.15, 0.2) is 0 Å². The molecule has 106 valence electrons. The van der Waals surface area contributed by atoms with Crippen molar-refractivity contribution in [3.05, 3.63) is 27.1 Å². The van der Waals surface area contributed by atoms with Gasteiger partial charge in [-0.1, -0.05) is 28.8 Å². The van der Waals surface area contributed by atoms with Crippen LogP contribution in [0.25, 0.3) is 0 Å². The van der Waals surface area contributed by atoms with Crippen LogP contribution in [0.2, 0.25) is 0 Å². The van der Waals surface area contributed by atoms with Crippen molar-refractivity contribution < 1.29 is 9.84 Å². The third-order valence-electron chi connectivity index (χ3n) is 3.32. The number of hydrogen-bond donors (Lipinski definition) is 2. The summed E-state index contributed by atoms with van der Waals surface area (Å²) in [6, 6.07) is 6.31. The lowest BCUT2D eigenvalue weighted by Gasteiger charge is -2.17. The van der Waals surface area contributed by atoms with Crippen molar-refractivity contribution in [2.24, 2.45) is 0 Å². The van der Waals surface area contributed by atoms with Gasteiger partial charge in [-0.15, -0.1) is 0 Å². The highest BCUT2D eigenvalue weighted by atomic mass is 79.9. The van der Waals surface area contributed by atoms with E-state index < -0.39 is 6.10 Å². The molecule has 3 nitrogen and oxygen atoms in total. The predicted octanol–water partition coefficient (Wildman–Crippen LogP) is 3.48. The summed E-state index contributed by atoms with van der Waals surface area (Å²) in [5, 5.41) is 13.3. The maximum atomic E-state index is 9.90. The number of rotatable bonds is 6. The molecule has 0 aliphatic heterocycles. The molecule has 0 heterocycles. The Hall–Kier alpha value is -0.100. The van der Waals surface area contributed by atoms with Gasteiger partial charge in [0.25, 0.3) is 0 Å². The van der Waals surface area contributed by atoms with Crippen LogP contribution in [-0.4, -0.2) is 30.4 Å². The van der Waals surface area contributed by atoms with Crippen LogP contribution in [0.4, 0.5) is 0 Å². The number of aliphatic hydroxyl groups excluding tert-OH is 1. The van der Waals surface area contributed by atoms with Gasteiger partial charge in [-0.25, -0.2) is 0 Å². The van der Waals surface area contributed by atoms with E-state index in [-0.39, 0.29) is 0 Å². The molecular formula is C14H19Br2NO2. The maximum absolute atomic E-state index is 9.90. The van der Waals surface area contributed by atoms with E-state index in [1.165, 1.54) is 25.7 Å². The molecule has 19 heavy (non-hydrogen) atoms. The van der Waals surface area contributed by atoms with Gasteiger partial charge >= 0.3 is 0 Å². The Morgan fingerprint density at radius 1 is 1.32 bits per heavy atom. The molecule has 2 N–H and O–H groups in total. The average molecular weight is 393 g/mol. The summed E-state index contributed by atoms with van der Waals surface area (Å²) in [6.07, 6.45) is 4.58. The topological polar surface area (TPSA) is 41.5 Å². The van der Waals surface area contributed by atoms with Gasteiger partial charge in [0.1, 0.15) is 18.5 Å². The van der Waals surface area contributed by atoms with Crippen LogP contribution in [0.1, 0.15) is 25.7 Å². The number of aliphatic hydroxyl groups is 1. The molecule has 1 aliphatic rings. The van der Waals surface area contributed by atoms with Gasteiger partial charge in [0.05, 0.1) is 4.47 Å². The smallest absolute Gasteiger partial charge is 0.133 e. The molecule has 1 atom stereocenters. The Bertz CT molecular complexity index is 408. The molecular weight excluding hydrogens is 374 g/mol. The minimum absolute atomic E-state index is 0.306. The first-order valence-electron chi connectivity index (χ1n) is 6.64. The number of nitrogens with one attached hydrogen (secondary N) is 1. The summed E-state index contributed by atoms with van der Waals surface area (Å²) in [5.41, 5.74) is 0. The fourth-order valence-electron chi connectivity index (χ4n) is 2.27. The first kappa shape index (κ1) is 15.3. The number of halogens is 2. The number of ether oxygens (including phenoxy) is 1. The molecule has 0 saturated heterocycles. The lowest BCUT2D eigenvalue weighted by molar-refractivity contribution is 0.103. The molecule has 1 aromatic rings. The molecule has 0 aromatic heterocycles. The van der Waals surface area contributed by atoms with Gasteiger partial charge in [0.2, 0.25) is 0 Å². The third-order valence-corrected chi connectivity index (χ3v) is 4.44. The van der Waals surface area contributed by atoms with E-state index >= 15 is 0 Å². The van der Waals surface area contributed by atoms with Crippen molar-refractivity contribution in [1.29, 1.82) is 0 Å². The second-order valence-corrected chi connectivity index (χ2v) is 6.70. The van der Waals surface area contributed by atoms with E-state index in [0.717, 1.165) is 14.7 Å². The predicted molar refractivity (Wildman–Crippen MR) is 83.6 cm³/mol. The molecule has 5 heteroatoms. The molecule has 1 unspecified atom stereocenters. The summed E-state index contributed by atoms with van der Waals surface area (Å²) in [6.45, 7) is 0.902. The van der Waals surface area contributed by atoms with E-state index in [0.29, 0.717) is 19.2 Å². The Balaban J connectivity index is 1.71. The minimum Gasteiger partial charge on any atom is -0.490 e. The van der Waals surface area contributed by atoms with Crippen molar-refractivity contribution in [3.8, 4) is 5.75 Å². The maximum Gasteiger partial charge on any atom is 0.133 e. The third kappa shape index (κ3) is 5.06. The largest absolute Gasteiger partial charge is 0.490 e. The molecule has 0 radical (unpaired) electrons. The van der Waals surface area contributed by atoms with Crippen LogP contribution in [0.3, 0.4) is 0 Å². The van der Waals surface area contributed by atoms with Gasteiger partial charge < -0.3 is 15.2 Å². The average Bonchev–Trinajstić information content (AvgIpc) is 2.88. The molecule has 1 aliphatic carbocycles. The summed E-state index contributed by atoms with van der Waals surface area (Å²) in [5.74, 6) is 0.753. The zero-order valence-corrected chi connectivity index (χ0v) is 13.9. The summed E-state index contributed by atoms with van der Waals surface area (Å²) in [4.78, 5) is 0. The van der Waals surface area contributed by atoms with Gasteiger partial charge in [-0.3, -0.25) is 0 Å². The highest BCUT2D eigenvalue weighted by Crippen LogP contribution is 2.28. The van der Waals surface area contributed by atoms with Gasteiger partial charge in [-0.05, 0) is 47.0 Å². The zero-order valence-electron chi connectivity index (χ0n) is 10.7. The highest BCUT2D eigenvalue weighted by Gasteiger charge is 2.16. The van der Waals surface area contributed by atoms with Crippen LogP contribution >= 0.6 is 31.9 Å². The van der Waals surface area contributed by atoms with E-state index in [9.17, 15) is 5.11 Å². The fraction of sp³-hybridized carbons (Fsp3) is 0.571. The quantitative estimate of drug-likeness (QED) is 0.778. The molecule has 2 rings (SSSR count). The minimum atomic E-state index is -0.476. The Morgan fingerprint density at radius 3 is 2.74 bits per heavy atom. The molecule has 1 aromatic carbocycles. The van der Waals surface area contributed by atoms with Crippen molar-refractivity contribution in [2.75, 3.05) is 13.2 Å². The lowest BCUT2D eigenvalue weighted by Crippen LogP contribution is -2.36. The SMILES string of the molecule is OC(CNC1CCCC1)COc1ccc(Br)cc1Br. The first-order chi connectivity index (χ1) is 9.15. The Kier molecular flexibility index (Phi) is 6.13. The van der Waals surface area contributed by atoms with Crippen LogP contribution in [-0.2, 0) is 0 Å². The normalized spacial score (nSPS) is 17.6. The van der Waals surface area contributed by atoms with Crippen molar-refractivity contribution in [1.82, 2.24) is 5.32 Å². The second kappa shape index (κ2) is 7.62. The lowest BCUT2D eigenvalue weighted by atomic mass is 10.2. The second-order valence-electron chi connectivity index (χ2n) is 4.93. The molecule has 0 amide bonds. The Morgan fingerprint density at radius 2 is 2.05 bits per heavy atom. The summed E-state index contributed by atoms with van der Waals surface area (Å²) < 4.78 is 7.49. The molecule has 1 saturated carbocycles. The van der Waals surface area contributed by atoms with Gasteiger partial charge in [-0.2, -0.15) is 0 Å². The summed E-state index contributed by atoms with van der Waals surface area (Å²) in [7, 11) is 0. The van der Waals surface area contributed by atoms with Crippen molar-refractivity contribution >= 4 is 31.9 Å². The van der Waals surface area contributed by atoms with E-state index in [1.54, 1.807) is 0 Å². The molecule has 0 spiro atoms.